The highest BCUT2D eigenvalue weighted by molar-refractivity contribution is 9.10. The summed E-state index contributed by atoms with van der Waals surface area (Å²) in [4.78, 5) is 12.7. The van der Waals surface area contributed by atoms with Crippen molar-refractivity contribution in [3.05, 3.63) is 64.1 Å². The zero-order chi connectivity index (χ0) is 21.6. The lowest BCUT2D eigenvalue weighted by Gasteiger charge is -2.16. The molecular formula is C22H27BrN2O4S. The molecule has 1 heterocycles. The molecule has 8 heteroatoms. The molecular weight excluding hydrogens is 468 g/mol. The number of rotatable bonds is 9. The molecule has 6 nitrogen and oxygen atoms in total. The van der Waals surface area contributed by atoms with Crippen LogP contribution in [-0.2, 0) is 14.8 Å². The Hall–Kier alpha value is -1.74. The van der Waals surface area contributed by atoms with E-state index in [0.29, 0.717) is 42.7 Å². The van der Waals surface area contributed by atoms with Gasteiger partial charge in [-0.2, -0.15) is 4.31 Å². The zero-order valence-electron chi connectivity index (χ0n) is 17.0. The Labute approximate surface area is 186 Å². The Kier molecular flexibility index (Phi) is 8.05. The minimum absolute atomic E-state index is 0.0106. The second kappa shape index (κ2) is 10.5. The van der Waals surface area contributed by atoms with Crippen LogP contribution in [0.1, 0.15) is 48.2 Å². The largest absolute Gasteiger partial charge is 0.374 e. The Balaban J connectivity index is 1.52. The van der Waals surface area contributed by atoms with E-state index in [-0.39, 0.29) is 16.9 Å². The molecule has 0 saturated carbocycles. The van der Waals surface area contributed by atoms with Crippen molar-refractivity contribution in [3.63, 3.8) is 0 Å². The van der Waals surface area contributed by atoms with E-state index in [1.165, 1.54) is 16.4 Å². The first kappa shape index (κ1) is 22.9. The highest BCUT2D eigenvalue weighted by Crippen LogP contribution is 2.25. The summed E-state index contributed by atoms with van der Waals surface area (Å²) in [5.41, 5.74) is 1.43. The van der Waals surface area contributed by atoms with E-state index in [0.717, 1.165) is 18.4 Å². The molecule has 1 saturated heterocycles. The number of nitrogens with zero attached hydrogens (tertiary/aromatic N) is 1. The first-order valence-corrected chi connectivity index (χ1v) is 12.4. The van der Waals surface area contributed by atoms with E-state index < -0.39 is 10.0 Å². The Morgan fingerprint density at radius 2 is 1.87 bits per heavy atom. The Bertz CT molecular complexity index is 960. The van der Waals surface area contributed by atoms with Gasteiger partial charge in [0.25, 0.3) is 5.91 Å². The summed E-state index contributed by atoms with van der Waals surface area (Å²) in [5, 5.41) is 2.84. The highest BCUT2D eigenvalue weighted by atomic mass is 79.9. The summed E-state index contributed by atoms with van der Waals surface area (Å²) in [6, 6.07) is 14.6. The molecule has 1 unspecified atom stereocenters. The summed E-state index contributed by atoms with van der Waals surface area (Å²) in [6.45, 7) is 4.01. The van der Waals surface area contributed by atoms with Crippen LogP contribution in [-0.4, -0.2) is 44.9 Å². The van der Waals surface area contributed by atoms with Crippen LogP contribution < -0.4 is 5.32 Å². The van der Waals surface area contributed by atoms with Gasteiger partial charge < -0.3 is 10.1 Å². The van der Waals surface area contributed by atoms with Crippen molar-refractivity contribution in [2.45, 2.75) is 37.2 Å². The van der Waals surface area contributed by atoms with Gasteiger partial charge in [-0.1, -0.05) is 30.3 Å². The predicted octanol–water partition coefficient (Wildman–Crippen LogP) is 4.13. The van der Waals surface area contributed by atoms with Gasteiger partial charge in [-0.3, -0.25) is 4.79 Å². The van der Waals surface area contributed by atoms with Crippen molar-refractivity contribution in [2.75, 3.05) is 26.2 Å². The fourth-order valence-electron chi connectivity index (χ4n) is 3.37. The maximum atomic E-state index is 12.8. The molecule has 162 valence electrons. The fourth-order valence-corrected chi connectivity index (χ4v) is 5.34. The Morgan fingerprint density at radius 1 is 1.17 bits per heavy atom. The smallest absolute Gasteiger partial charge is 0.252 e. The molecule has 30 heavy (non-hydrogen) atoms. The van der Waals surface area contributed by atoms with E-state index in [1.807, 2.05) is 37.3 Å². The van der Waals surface area contributed by atoms with Crippen LogP contribution in [0.25, 0.3) is 0 Å². The maximum Gasteiger partial charge on any atom is 0.252 e. The van der Waals surface area contributed by atoms with Crippen molar-refractivity contribution in [2.24, 2.45) is 0 Å². The number of hydrogen-bond donors (Lipinski definition) is 1. The number of halogens is 1. The lowest BCUT2D eigenvalue weighted by atomic mass is 10.1. The normalized spacial score (nSPS) is 15.8. The second-order valence-electron chi connectivity index (χ2n) is 7.29. The molecule has 0 bridgehead atoms. The van der Waals surface area contributed by atoms with Crippen LogP contribution in [0.15, 0.2) is 57.9 Å². The second-order valence-corrected chi connectivity index (χ2v) is 10.1. The number of benzene rings is 2. The van der Waals surface area contributed by atoms with E-state index in [4.69, 9.17) is 4.74 Å². The third-order valence-corrected chi connectivity index (χ3v) is 7.71. The minimum atomic E-state index is -3.56. The SMILES string of the molecule is CC(OCCCNC(=O)c1cc(S(=O)(=O)N2CCCC2)ccc1Br)c1ccccc1. The summed E-state index contributed by atoms with van der Waals surface area (Å²) in [5.74, 6) is -0.309. The molecule has 0 radical (unpaired) electrons. The van der Waals surface area contributed by atoms with Gasteiger partial charge in [-0.05, 0) is 65.9 Å². The summed E-state index contributed by atoms with van der Waals surface area (Å²) < 4.78 is 33.4. The van der Waals surface area contributed by atoms with Crippen LogP contribution in [0.2, 0.25) is 0 Å². The van der Waals surface area contributed by atoms with Crippen molar-refractivity contribution in [1.29, 1.82) is 0 Å². The third-order valence-electron chi connectivity index (χ3n) is 5.13. The molecule has 0 aromatic heterocycles. The zero-order valence-corrected chi connectivity index (χ0v) is 19.4. The molecule has 3 rings (SSSR count). The van der Waals surface area contributed by atoms with E-state index in [2.05, 4.69) is 21.2 Å². The van der Waals surface area contributed by atoms with Crippen molar-refractivity contribution < 1.29 is 17.9 Å². The number of carbonyl (C=O) groups excluding carboxylic acids is 1. The highest BCUT2D eigenvalue weighted by Gasteiger charge is 2.28. The van der Waals surface area contributed by atoms with Crippen LogP contribution in [0.4, 0.5) is 0 Å². The molecule has 1 amide bonds. The molecule has 1 atom stereocenters. The lowest BCUT2D eigenvalue weighted by molar-refractivity contribution is 0.0635. The monoisotopic (exact) mass is 494 g/mol. The van der Waals surface area contributed by atoms with Gasteiger partial charge in [0, 0.05) is 30.7 Å². The molecule has 1 aliphatic heterocycles. The molecule has 1 aliphatic rings. The predicted molar refractivity (Wildman–Crippen MR) is 120 cm³/mol. The standard InChI is InChI=1S/C22H27BrN2O4S/c1-17(18-8-3-2-4-9-18)29-15-7-12-24-22(26)20-16-19(10-11-21(20)23)30(27,28)25-13-5-6-14-25/h2-4,8-11,16-17H,5-7,12-15H2,1H3,(H,24,26). The minimum Gasteiger partial charge on any atom is -0.374 e. The van der Waals surface area contributed by atoms with Gasteiger partial charge in [0.1, 0.15) is 0 Å². The van der Waals surface area contributed by atoms with Gasteiger partial charge in [0.2, 0.25) is 10.0 Å². The van der Waals surface area contributed by atoms with Crippen LogP contribution in [0.5, 0.6) is 0 Å². The molecule has 0 spiro atoms. The summed E-state index contributed by atoms with van der Waals surface area (Å²) in [6.07, 6.45) is 2.39. The first-order valence-electron chi connectivity index (χ1n) is 10.1. The number of nitrogens with one attached hydrogen (secondary N) is 1. The van der Waals surface area contributed by atoms with Crippen LogP contribution in [0, 0.1) is 0 Å². The topological polar surface area (TPSA) is 75.7 Å². The number of ether oxygens (including phenoxy) is 1. The molecule has 2 aromatic carbocycles. The van der Waals surface area contributed by atoms with E-state index >= 15 is 0 Å². The number of amides is 1. The number of hydrogen-bond acceptors (Lipinski definition) is 4. The average Bonchev–Trinajstić information content (AvgIpc) is 3.30. The Morgan fingerprint density at radius 3 is 2.57 bits per heavy atom. The van der Waals surface area contributed by atoms with Gasteiger partial charge in [-0.25, -0.2) is 8.42 Å². The van der Waals surface area contributed by atoms with Crippen LogP contribution >= 0.6 is 15.9 Å². The first-order chi connectivity index (χ1) is 14.4. The molecule has 1 fully saturated rings. The van der Waals surface area contributed by atoms with Gasteiger partial charge in [0.15, 0.2) is 0 Å². The van der Waals surface area contributed by atoms with Crippen molar-refractivity contribution >= 4 is 31.9 Å². The van der Waals surface area contributed by atoms with Gasteiger partial charge >= 0.3 is 0 Å². The van der Waals surface area contributed by atoms with Gasteiger partial charge in [0.05, 0.1) is 16.6 Å². The molecule has 2 aromatic rings. The molecule has 0 aliphatic carbocycles. The van der Waals surface area contributed by atoms with Crippen molar-refractivity contribution in [3.8, 4) is 0 Å². The quantitative estimate of drug-likeness (QED) is 0.531. The molecule has 1 N–H and O–H groups in total. The number of carbonyl (C=O) groups is 1. The average molecular weight is 495 g/mol. The summed E-state index contributed by atoms with van der Waals surface area (Å²) in [7, 11) is -3.56. The summed E-state index contributed by atoms with van der Waals surface area (Å²) >= 11 is 3.35. The number of sulfonamides is 1. The fraction of sp³-hybridized carbons (Fsp3) is 0.409. The maximum absolute atomic E-state index is 12.8. The van der Waals surface area contributed by atoms with Crippen LogP contribution in [0.3, 0.4) is 0 Å². The van der Waals surface area contributed by atoms with Crippen molar-refractivity contribution in [1.82, 2.24) is 9.62 Å². The van der Waals surface area contributed by atoms with E-state index in [1.54, 1.807) is 6.07 Å². The van der Waals surface area contributed by atoms with E-state index in [9.17, 15) is 13.2 Å². The van der Waals surface area contributed by atoms with Gasteiger partial charge in [-0.15, -0.1) is 0 Å². The third kappa shape index (κ3) is 5.69. The lowest BCUT2D eigenvalue weighted by Crippen LogP contribution is -2.29.